The van der Waals surface area contributed by atoms with Gasteiger partial charge in [0.2, 0.25) is 5.91 Å². The summed E-state index contributed by atoms with van der Waals surface area (Å²) in [5, 5.41) is 12.5. The number of fused-ring (bicyclic) bond motifs is 1. The molecule has 1 amide bonds. The van der Waals surface area contributed by atoms with Crippen LogP contribution in [0.4, 0.5) is 5.69 Å². The van der Waals surface area contributed by atoms with Crippen molar-refractivity contribution in [2.75, 3.05) is 32.9 Å². The van der Waals surface area contributed by atoms with Crippen LogP contribution in [0.15, 0.2) is 76.0 Å². The molecule has 0 bridgehead atoms. The number of aliphatic hydroxyl groups excluding tert-OH is 1. The largest absolute Gasteiger partial charge is 0.506 e. The summed E-state index contributed by atoms with van der Waals surface area (Å²) >= 11 is 1.22. The number of thioether (sulfide) groups is 1. The lowest BCUT2D eigenvalue weighted by atomic mass is 10.1. The molecule has 1 saturated heterocycles. The topological polar surface area (TPSA) is 93.4 Å². The Bertz CT molecular complexity index is 1480. The molecule has 202 valence electrons. The summed E-state index contributed by atoms with van der Waals surface area (Å²) in [7, 11) is 0. The van der Waals surface area contributed by atoms with E-state index >= 15 is 0 Å². The summed E-state index contributed by atoms with van der Waals surface area (Å²) in [6.45, 7) is 6.48. The molecule has 2 aliphatic heterocycles. The van der Waals surface area contributed by atoms with E-state index in [1.807, 2.05) is 64.2 Å². The van der Waals surface area contributed by atoms with Gasteiger partial charge < -0.3 is 24.0 Å². The van der Waals surface area contributed by atoms with Crippen LogP contribution >= 0.6 is 11.8 Å². The van der Waals surface area contributed by atoms with Crippen molar-refractivity contribution >= 4 is 51.3 Å². The number of aryl methyl sites for hydroxylation is 1. The Morgan fingerprint density at radius 1 is 1.10 bits per heavy atom. The number of amides is 1. The number of aliphatic imine (C=N–C) groups is 1. The minimum absolute atomic E-state index is 0.0418. The number of ether oxygens (including phenoxy) is 2. The second-order valence-electron chi connectivity index (χ2n) is 9.18. The van der Waals surface area contributed by atoms with E-state index in [-0.39, 0.29) is 30.4 Å². The number of esters is 1. The first-order valence-electron chi connectivity index (χ1n) is 13.1. The molecule has 0 unspecified atom stereocenters. The minimum atomic E-state index is -0.618. The number of aromatic nitrogens is 1. The van der Waals surface area contributed by atoms with Gasteiger partial charge in [0.15, 0.2) is 0 Å². The van der Waals surface area contributed by atoms with Crippen LogP contribution in [0.2, 0.25) is 0 Å². The molecule has 3 aromatic rings. The van der Waals surface area contributed by atoms with E-state index < -0.39 is 5.97 Å². The number of aliphatic hydroxyl groups is 1. The summed E-state index contributed by atoms with van der Waals surface area (Å²) in [4.78, 5) is 32.9. The molecule has 5 rings (SSSR count). The molecule has 1 N–H and O–H groups in total. The fourth-order valence-electron chi connectivity index (χ4n) is 4.80. The molecule has 0 saturated carbocycles. The third-order valence-electron chi connectivity index (χ3n) is 6.71. The van der Waals surface area contributed by atoms with Crippen molar-refractivity contribution in [2.45, 2.75) is 26.8 Å². The highest BCUT2D eigenvalue weighted by atomic mass is 32.2. The van der Waals surface area contributed by atoms with Gasteiger partial charge in [-0.25, -0.2) is 9.79 Å². The number of morpholine rings is 1. The summed E-state index contributed by atoms with van der Waals surface area (Å²) in [6, 6.07) is 15.4. The third-order valence-corrected chi connectivity index (χ3v) is 7.73. The normalized spacial score (nSPS) is 17.9. The number of carbonyl (C=O) groups is 2. The maximum Gasteiger partial charge on any atom is 0.344 e. The number of nitrogens with zero attached hydrogens (tertiary/aromatic N) is 3. The SMILES string of the molecule is CCOC(=O)C1=C(O)/C(=C/c2cn(CC(=O)N3CCOCC3)c3c(CC)cccc23)SC1=Nc1ccccc1. The molecule has 0 spiro atoms. The van der Waals surface area contributed by atoms with Gasteiger partial charge in [-0.3, -0.25) is 4.79 Å². The number of rotatable bonds is 7. The minimum Gasteiger partial charge on any atom is -0.506 e. The predicted molar refractivity (Wildman–Crippen MR) is 154 cm³/mol. The van der Waals surface area contributed by atoms with Crippen molar-refractivity contribution in [1.29, 1.82) is 0 Å². The molecule has 1 fully saturated rings. The van der Waals surface area contributed by atoms with Crippen molar-refractivity contribution in [2.24, 2.45) is 4.99 Å². The van der Waals surface area contributed by atoms with E-state index in [0.717, 1.165) is 28.5 Å². The summed E-state index contributed by atoms with van der Waals surface area (Å²) < 4.78 is 12.6. The average Bonchev–Trinajstić information content (AvgIpc) is 3.46. The van der Waals surface area contributed by atoms with Crippen LogP contribution in [0.1, 0.15) is 25.0 Å². The van der Waals surface area contributed by atoms with E-state index in [1.54, 1.807) is 6.92 Å². The number of para-hydroxylation sites is 2. The molecule has 3 heterocycles. The van der Waals surface area contributed by atoms with E-state index in [4.69, 9.17) is 9.47 Å². The van der Waals surface area contributed by atoms with E-state index in [9.17, 15) is 14.7 Å². The molecule has 0 radical (unpaired) electrons. The van der Waals surface area contributed by atoms with E-state index in [0.29, 0.717) is 41.9 Å². The lowest BCUT2D eigenvalue weighted by molar-refractivity contribution is -0.138. The first kappa shape index (κ1) is 26.8. The van der Waals surface area contributed by atoms with Gasteiger partial charge in [-0.2, -0.15) is 0 Å². The Balaban J connectivity index is 1.56. The molecule has 2 aromatic carbocycles. The maximum atomic E-state index is 13.1. The van der Waals surface area contributed by atoms with Gasteiger partial charge >= 0.3 is 5.97 Å². The average molecular weight is 546 g/mol. The Labute approximate surface area is 231 Å². The molecule has 0 atom stereocenters. The molecule has 0 aliphatic carbocycles. The summed E-state index contributed by atoms with van der Waals surface area (Å²) in [5.41, 5.74) is 3.68. The molecule has 9 heteroatoms. The first-order valence-corrected chi connectivity index (χ1v) is 13.9. The van der Waals surface area contributed by atoms with Crippen LogP contribution in [-0.2, 0) is 32.0 Å². The zero-order valence-electron chi connectivity index (χ0n) is 22.1. The standard InChI is InChI=1S/C30H31N3O5S/c1-3-20-9-8-12-23-21(18-33(27(20)23)19-25(34)32-13-15-37-16-14-32)17-24-28(35)26(30(36)38-4-2)29(39-24)31-22-10-6-5-7-11-22/h5-12,17-18,35H,3-4,13-16,19H2,1-2H3/b24-17-,31-29?. The second kappa shape index (κ2) is 11.9. The predicted octanol–water partition coefficient (Wildman–Crippen LogP) is 5.26. The van der Waals surface area contributed by atoms with Gasteiger partial charge in [-0.05, 0) is 37.1 Å². The van der Waals surface area contributed by atoms with Crippen LogP contribution in [-0.4, -0.2) is 64.4 Å². The zero-order valence-corrected chi connectivity index (χ0v) is 22.9. The smallest absolute Gasteiger partial charge is 0.344 e. The number of hydrogen-bond acceptors (Lipinski definition) is 7. The van der Waals surface area contributed by atoms with Gasteiger partial charge in [-0.15, -0.1) is 0 Å². The van der Waals surface area contributed by atoms with Crippen LogP contribution < -0.4 is 0 Å². The molecule has 8 nitrogen and oxygen atoms in total. The second-order valence-corrected chi connectivity index (χ2v) is 10.2. The Kier molecular flexibility index (Phi) is 8.18. The number of hydrogen-bond donors (Lipinski definition) is 1. The number of carbonyl (C=O) groups excluding carboxylic acids is 2. The van der Waals surface area contributed by atoms with Crippen LogP contribution in [0.3, 0.4) is 0 Å². The summed E-state index contributed by atoms with van der Waals surface area (Å²) in [6.07, 6.45) is 4.60. The fourth-order valence-corrected chi connectivity index (χ4v) is 5.83. The monoisotopic (exact) mass is 545 g/mol. The van der Waals surface area contributed by atoms with Crippen LogP contribution in [0.5, 0.6) is 0 Å². The highest BCUT2D eigenvalue weighted by molar-refractivity contribution is 8.18. The van der Waals surface area contributed by atoms with E-state index in [2.05, 4.69) is 18.0 Å². The lowest BCUT2D eigenvalue weighted by Gasteiger charge is -2.27. The van der Waals surface area contributed by atoms with Crippen molar-refractivity contribution in [3.63, 3.8) is 0 Å². The van der Waals surface area contributed by atoms with Crippen molar-refractivity contribution < 1.29 is 24.2 Å². The fraction of sp³-hybridized carbons (Fsp3) is 0.300. The van der Waals surface area contributed by atoms with Gasteiger partial charge in [0.05, 0.1) is 35.9 Å². The number of benzene rings is 2. The van der Waals surface area contributed by atoms with Crippen molar-refractivity contribution in [1.82, 2.24) is 9.47 Å². The van der Waals surface area contributed by atoms with Crippen molar-refractivity contribution in [3.05, 3.63) is 82.1 Å². The molecule has 39 heavy (non-hydrogen) atoms. The maximum absolute atomic E-state index is 13.1. The molecular weight excluding hydrogens is 514 g/mol. The van der Waals surface area contributed by atoms with Gasteiger partial charge in [0.25, 0.3) is 0 Å². The highest BCUT2D eigenvalue weighted by Crippen LogP contribution is 2.41. The highest BCUT2D eigenvalue weighted by Gasteiger charge is 2.33. The lowest BCUT2D eigenvalue weighted by Crippen LogP contribution is -2.42. The molecule has 2 aliphatic rings. The van der Waals surface area contributed by atoms with E-state index in [1.165, 1.54) is 11.8 Å². The molecular formula is C30H31N3O5S. The molecule has 1 aromatic heterocycles. The Morgan fingerprint density at radius 2 is 1.87 bits per heavy atom. The third kappa shape index (κ3) is 5.65. The van der Waals surface area contributed by atoms with Gasteiger partial charge in [0, 0.05) is 30.2 Å². The van der Waals surface area contributed by atoms with Crippen LogP contribution in [0.25, 0.3) is 17.0 Å². The Hall–Kier alpha value is -3.82. The van der Waals surface area contributed by atoms with Crippen LogP contribution in [0, 0.1) is 0 Å². The van der Waals surface area contributed by atoms with Crippen molar-refractivity contribution in [3.8, 4) is 0 Å². The quantitative estimate of drug-likeness (QED) is 0.408. The van der Waals surface area contributed by atoms with Gasteiger partial charge in [-0.1, -0.05) is 55.1 Å². The van der Waals surface area contributed by atoms with Gasteiger partial charge in [0.1, 0.15) is 22.9 Å². The zero-order chi connectivity index (χ0) is 27.4. The Morgan fingerprint density at radius 3 is 2.59 bits per heavy atom. The first-order chi connectivity index (χ1) is 19.0. The summed E-state index contributed by atoms with van der Waals surface area (Å²) in [5.74, 6) is -0.738.